The fourth-order valence-electron chi connectivity index (χ4n) is 3.85. The molecule has 2 atom stereocenters. The molecule has 0 saturated carbocycles. The number of benzene rings is 2. The lowest BCUT2D eigenvalue weighted by atomic mass is 9.93. The van der Waals surface area contributed by atoms with E-state index in [1.165, 1.54) is 0 Å². The molecule has 1 aliphatic rings. The molecule has 2 unspecified atom stereocenters. The summed E-state index contributed by atoms with van der Waals surface area (Å²) in [5, 5.41) is 2.74. The standard InChI is InChI=1S/C26H33N3O5/c27-25(31)23(19-34-18-21-9-5-2-6-10-21)28-26(32)22(17-20-7-3-1-4-8-20)11-12-24(30)29-13-15-33-16-14-29/h1-10,22-23H,11-19H2,(H2,27,31)(H,28,32). The van der Waals surface area contributed by atoms with E-state index in [4.69, 9.17) is 15.2 Å². The van der Waals surface area contributed by atoms with E-state index in [2.05, 4.69) is 5.32 Å². The molecule has 0 aromatic heterocycles. The maximum Gasteiger partial charge on any atom is 0.242 e. The molecular formula is C26H33N3O5. The minimum absolute atomic E-state index is 0.00630. The van der Waals surface area contributed by atoms with Crippen molar-refractivity contribution >= 4 is 17.7 Å². The second-order valence-electron chi connectivity index (χ2n) is 8.38. The fourth-order valence-corrected chi connectivity index (χ4v) is 3.85. The van der Waals surface area contributed by atoms with Crippen LogP contribution in [-0.2, 0) is 36.9 Å². The number of hydrogen-bond donors (Lipinski definition) is 2. The third kappa shape index (κ3) is 8.28. The minimum Gasteiger partial charge on any atom is -0.378 e. The van der Waals surface area contributed by atoms with Crippen molar-refractivity contribution in [3.8, 4) is 0 Å². The maximum absolute atomic E-state index is 13.2. The Bertz CT molecular complexity index is 917. The quantitative estimate of drug-likeness (QED) is 0.493. The number of nitrogens with two attached hydrogens (primary N) is 1. The minimum atomic E-state index is -0.954. The van der Waals surface area contributed by atoms with Gasteiger partial charge in [-0.25, -0.2) is 0 Å². The van der Waals surface area contributed by atoms with Crippen molar-refractivity contribution < 1.29 is 23.9 Å². The molecule has 3 amide bonds. The van der Waals surface area contributed by atoms with Crippen LogP contribution in [0, 0.1) is 5.92 Å². The van der Waals surface area contributed by atoms with Crippen molar-refractivity contribution in [3.63, 3.8) is 0 Å². The van der Waals surface area contributed by atoms with Gasteiger partial charge < -0.3 is 25.4 Å². The van der Waals surface area contributed by atoms with Crippen LogP contribution in [0.4, 0.5) is 0 Å². The molecule has 1 saturated heterocycles. The highest BCUT2D eigenvalue weighted by Gasteiger charge is 2.26. The SMILES string of the molecule is NC(=O)C(COCc1ccccc1)NC(=O)C(CCC(=O)N1CCOCC1)Cc1ccccc1. The average Bonchev–Trinajstić information content (AvgIpc) is 2.87. The van der Waals surface area contributed by atoms with Gasteiger partial charge in [0.05, 0.1) is 26.4 Å². The zero-order chi connectivity index (χ0) is 24.2. The van der Waals surface area contributed by atoms with Crippen LogP contribution < -0.4 is 11.1 Å². The van der Waals surface area contributed by atoms with Gasteiger partial charge in [-0.1, -0.05) is 60.7 Å². The lowest BCUT2D eigenvalue weighted by Gasteiger charge is -2.27. The number of nitrogens with one attached hydrogen (secondary N) is 1. The Morgan fingerprint density at radius 2 is 1.59 bits per heavy atom. The zero-order valence-corrected chi connectivity index (χ0v) is 19.4. The molecule has 8 nitrogen and oxygen atoms in total. The van der Waals surface area contributed by atoms with Crippen molar-refractivity contribution in [1.82, 2.24) is 10.2 Å². The van der Waals surface area contributed by atoms with Gasteiger partial charge in [-0.05, 0) is 24.0 Å². The summed E-state index contributed by atoms with van der Waals surface area (Å²) < 4.78 is 10.9. The Morgan fingerprint density at radius 1 is 0.971 bits per heavy atom. The summed E-state index contributed by atoms with van der Waals surface area (Å²) in [5.74, 6) is -1.45. The number of nitrogens with zero attached hydrogens (tertiary/aromatic N) is 1. The van der Waals surface area contributed by atoms with E-state index in [0.29, 0.717) is 45.8 Å². The first kappa shape index (κ1) is 25.4. The van der Waals surface area contributed by atoms with Gasteiger partial charge in [-0.3, -0.25) is 14.4 Å². The average molecular weight is 468 g/mol. The van der Waals surface area contributed by atoms with Gasteiger partial charge in [0.15, 0.2) is 0 Å². The molecule has 0 bridgehead atoms. The molecule has 0 radical (unpaired) electrons. The van der Waals surface area contributed by atoms with Gasteiger partial charge in [0.2, 0.25) is 17.7 Å². The van der Waals surface area contributed by atoms with Gasteiger partial charge in [0.25, 0.3) is 0 Å². The summed E-state index contributed by atoms with van der Waals surface area (Å²) in [6.07, 6.45) is 1.07. The van der Waals surface area contributed by atoms with Crippen molar-refractivity contribution in [3.05, 3.63) is 71.8 Å². The number of primary amides is 1. The van der Waals surface area contributed by atoms with E-state index < -0.39 is 17.9 Å². The van der Waals surface area contributed by atoms with E-state index in [0.717, 1.165) is 11.1 Å². The molecule has 1 heterocycles. The Balaban J connectivity index is 1.59. The van der Waals surface area contributed by atoms with Crippen LogP contribution in [0.1, 0.15) is 24.0 Å². The number of amides is 3. The van der Waals surface area contributed by atoms with Crippen LogP contribution >= 0.6 is 0 Å². The molecule has 2 aromatic carbocycles. The smallest absolute Gasteiger partial charge is 0.242 e. The normalized spacial score (nSPS) is 15.4. The fraction of sp³-hybridized carbons (Fsp3) is 0.423. The van der Waals surface area contributed by atoms with Gasteiger partial charge in [0, 0.05) is 25.4 Å². The predicted octanol–water partition coefficient (Wildman–Crippen LogP) is 1.67. The molecule has 182 valence electrons. The molecule has 8 heteroatoms. The van der Waals surface area contributed by atoms with Crippen LogP contribution in [0.3, 0.4) is 0 Å². The summed E-state index contributed by atoms with van der Waals surface area (Å²) in [6, 6.07) is 18.2. The molecule has 2 aromatic rings. The van der Waals surface area contributed by atoms with E-state index in [9.17, 15) is 14.4 Å². The Hall–Kier alpha value is -3.23. The van der Waals surface area contributed by atoms with Gasteiger partial charge in [0.1, 0.15) is 6.04 Å². The highest BCUT2D eigenvalue weighted by Crippen LogP contribution is 2.17. The number of carbonyl (C=O) groups excluding carboxylic acids is 3. The molecular weight excluding hydrogens is 434 g/mol. The molecule has 1 fully saturated rings. The summed E-state index contributed by atoms with van der Waals surface area (Å²) in [4.78, 5) is 39.5. The molecule has 0 aliphatic carbocycles. The second-order valence-corrected chi connectivity index (χ2v) is 8.38. The Kier molecular flexibility index (Phi) is 10.1. The van der Waals surface area contributed by atoms with Crippen LogP contribution in [0.25, 0.3) is 0 Å². The topological polar surface area (TPSA) is 111 Å². The number of ether oxygens (including phenoxy) is 2. The molecule has 1 aliphatic heterocycles. The highest BCUT2D eigenvalue weighted by molar-refractivity contribution is 5.88. The molecule has 3 rings (SSSR count). The zero-order valence-electron chi connectivity index (χ0n) is 19.4. The van der Waals surface area contributed by atoms with Crippen LogP contribution in [0.15, 0.2) is 60.7 Å². The third-order valence-electron chi connectivity index (χ3n) is 5.82. The number of morpholine rings is 1. The number of carbonyl (C=O) groups is 3. The van der Waals surface area contributed by atoms with E-state index in [-0.39, 0.29) is 24.8 Å². The Labute approximate surface area is 200 Å². The lowest BCUT2D eigenvalue weighted by molar-refractivity contribution is -0.136. The maximum atomic E-state index is 13.2. The number of rotatable bonds is 12. The summed E-state index contributed by atoms with van der Waals surface area (Å²) in [6.45, 7) is 2.47. The Morgan fingerprint density at radius 3 is 2.21 bits per heavy atom. The first-order valence-electron chi connectivity index (χ1n) is 11.6. The van der Waals surface area contributed by atoms with Gasteiger partial charge >= 0.3 is 0 Å². The van der Waals surface area contributed by atoms with Crippen LogP contribution in [0.5, 0.6) is 0 Å². The largest absolute Gasteiger partial charge is 0.378 e. The van der Waals surface area contributed by atoms with Crippen molar-refractivity contribution in [2.75, 3.05) is 32.9 Å². The van der Waals surface area contributed by atoms with Crippen molar-refractivity contribution in [2.24, 2.45) is 11.7 Å². The molecule has 3 N–H and O–H groups in total. The first-order chi connectivity index (χ1) is 16.5. The molecule has 0 spiro atoms. The highest BCUT2D eigenvalue weighted by atomic mass is 16.5. The van der Waals surface area contributed by atoms with Crippen molar-refractivity contribution in [1.29, 1.82) is 0 Å². The van der Waals surface area contributed by atoms with E-state index >= 15 is 0 Å². The van der Waals surface area contributed by atoms with E-state index in [1.54, 1.807) is 4.90 Å². The first-order valence-corrected chi connectivity index (χ1v) is 11.6. The van der Waals surface area contributed by atoms with Crippen LogP contribution in [0.2, 0.25) is 0 Å². The summed E-state index contributed by atoms with van der Waals surface area (Å²) >= 11 is 0. The predicted molar refractivity (Wildman–Crippen MR) is 127 cm³/mol. The summed E-state index contributed by atoms with van der Waals surface area (Å²) in [7, 11) is 0. The third-order valence-corrected chi connectivity index (χ3v) is 5.82. The molecule has 34 heavy (non-hydrogen) atoms. The number of hydrogen-bond acceptors (Lipinski definition) is 5. The van der Waals surface area contributed by atoms with Crippen molar-refractivity contribution in [2.45, 2.75) is 31.9 Å². The monoisotopic (exact) mass is 467 g/mol. The van der Waals surface area contributed by atoms with Gasteiger partial charge in [-0.15, -0.1) is 0 Å². The summed E-state index contributed by atoms with van der Waals surface area (Å²) in [5.41, 5.74) is 7.47. The van der Waals surface area contributed by atoms with E-state index in [1.807, 2.05) is 60.7 Å². The second kappa shape index (κ2) is 13.5. The van der Waals surface area contributed by atoms with Gasteiger partial charge in [-0.2, -0.15) is 0 Å². The van der Waals surface area contributed by atoms with Crippen LogP contribution in [-0.4, -0.2) is 61.6 Å². The lowest BCUT2D eigenvalue weighted by Crippen LogP contribution is -2.49.